The van der Waals surface area contributed by atoms with E-state index >= 15 is 0 Å². The molecule has 0 radical (unpaired) electrons. The number of Topliss-reactive ketones (excluding diaryl/α,β-unsaturated/α-hetero) is 1. The smallest absolute Gasteiger partial charge is 0.231 e. The first-order chi connectivity index (χ1) is 11.3. The number of thiophene rings is 1. The molecule has 1 aliphatic carbocycles. The molecule has 0 saturated carbocycles. The van der Waals surface area contributed by atoms with Gasteiger partial charge >= 0.3 is 0 Å². The maximum Gasteiger partial charge on any atom is 0.231 e. The summed E-state index contributed by atoms with van der Waals surface area (Å²) in [6, 6.07) is 8.19. The zero-order valence-corrected chi connectivity index (χ0v) is 13.2. The normalized spacial score (nSPS) is 21.7. The number of carbonyl (C=O) groups is 1. The topological polar surface area (TPSA) is 47.6 Å². The summed E-state index contributed by atoms with van der Waals surface area (Å²) >= 11 is 1.70. The van der Waals surface area contributed by atoms with E-state index in [-0.39, 0.29) is 18.5 Å². The number of benzene rings is 1. The number of anilines is 1. The van der Waals surface area contributed by atoms with Crippen molar-refractivity contribution in [1.82, 2.24) is 0 Å². The van der Waals surface area contributed by atoms with E-state index in [0.717, 1.165) is 46.9 Å². The van der Waals surface area contributed by atoms with Crippen LogP contribution in [0, 0.1) is 0 Å². The second-order valence-electron chi connectivity index (χ2n) is 6.04. The maximum absolute atomic E-state index is 12.6. The number of hydrogen-bond donors (Lipinski definition) is 1. The molecule has 1 unspecified atom stereocenters. The van der Waals surface area contributed by atoms with Gasteiger partial charge in [0.1, 0.15) is 0 Å². The van der Waals surface area contributed by atoms with Crippen LogP contribution in [0.1, 0.15) is 35.6 Å². The predicted octanol–water partition coefficient (Wildman–Crippen LogP) is 4.04. The number of fused-ring (bicyclic) bond motifs is 2. The van der Waals surface area contributed by atoms with Gasteiger partial charge in [0.25, 0.3) is 0 Å². The Labute approximate surface area is 137 Å². The van der Waals surface area contributed by atoms with Crippen molar-refractivity contribution >= 4 is 22.8 Å². The van der Waals surface area contributed by atoms with Gasteiger partial charge in [-0.15, -0.1) is 11.3 Å². The Morgan fingerprint density at radius 1 is 1.17 bits per heavy atom. The molecule has 2 aromatic rings. The lowest BCUT2D eigenvalue weighted by Gasteiger charge is -2.33. The molecule has 0 spiro atoms. The van der Waals surface area contributed by atoms with E-state index in [1.807, 2.05) is 18.2 Å². The molecule has 3 aliphatic rings. The highest BCUT2D eigenvalue weighted by Crippen LogP contribution is 2.50. The fourth-order valence-corrected chi connectivity index (χ4v) is 4.55. The van der Waals surface area contributed by atoms with Gasteiger partial charge in [-0.25, -0.2) is 0 Å². The average Bonchev–Trinajstić information content (AvgIpc) is 3.22. The fourth-order valence-electron chi connectivity index (χ4n) is 3.70. The van der Waals surface area contributed by atoms with Gasteiger partial charge in [-0.2, -0.15) is 0 Å². The second kappa shape index (κ2) is 4.86. The average molecular weight is 325 g/mol. The van der Waals surface area contributed by atoms with Crippen molar-refractivity contribution < 1.29 is 14.3 Å². The van der Waals surface area contributed by atoms with Crippen molar-refractivity contribution in [3.8, 4) is 11.5 Å². The Balaban J connectivity index is 1.74. The minimum Gasteiger partial charge on any atom is -0.454 e. The molecule has 0 bridgehead atoms. The summed E-state index contributed by atoms with van der Waals surface area (Å²) in [6.07, 6.45) is 2.49. The molecule has 4 nitrogen and oxygen atoms in total. The number of ether oxygens (including phenoxy) is 2. The number of carbonyl (C=O) groups excluding carboxylic acids is 1. The number of ketones is 1. The molecular formula is C18H15NO3S. The van der Waals surface area contributed by atoms with Crippen LogP contribution in [-0.4, -0.2) is 12.6 Å². The first-order valence-electron chi connectivity index (χ1n) is 7.81. The molecule has 1 atom stereocenters. The Morgan fingerprint density at radius 2 is 2.04 bits per heavy atom. The summed E-state index contributed by atoms with van der Waals surface area (Å²) in [5, 5.41) is 5.55. The van der Waals surface area contributed by atoms with Crippen molar-refractivity contribution in [1.29, 1.82) is 0 Å². The monoisotopic (exact) mass is 325 g/mol. The van der Waals surface area contributed by atoms with Crippen molar-refractivity contribution in [2.24, 2.45) is 0 Å². The van der Waals surface area contributed by atoms with E-state index in [4.69, 9.17) is 9.47 Å². The first kappa shape index (κ1) is 13.2. The molecule has 5 heteroatoms. The van der Waals surface area contributed by atoms with E-state index in [0.29, 0.717) is 6.42 Å². The van der Waals surface area contributed by atoms with Crippen LogP contribution in [0.25, 0.3) is 0 Å². The molecule has 116 valence electrons. The second-order valence-corrected chi connectivity index (χ2v) is 7.01. The van der Waals surface area contributed by atoms with Gasteiger partial charge in [0.2, 0.25) is 6.79 Å². The van der Waals surface area contributed by atoms with Crippen molar-refractivity contribution in [3.05, 3.63) is 51.4 Å². The third-order valence-electron chi connectivity index (χ3n) is 4.71. The van der Waals surface area contributed by atoms with Gasteiger partial charge in [0.15, 0.2) is 17.3 Å². The zero-order chi connectivity index (χ0) is 15.4. The molecule has 0 amide bonds. The first-order valence-corrected chi connectivity index (χ1v) is 8.69. The molecular weight excluding hydrogens is 310 g/mol. The lowest BCUT2D eigenvalue weighted by molar-refractivity contribution is -0.116. The number of nitrogens with one attached hydrogen (secondary N) is 1. The Hall–Kier alpha value is -2.27. The van der Waals surface area contributed by atoms with Gasteiger partial charge in [0, 0.05) is 34.3 Å². The summed E-state index contributed by atoms with van der Waals surface area (Å²) in [6.45, 7) is 0.258. The van der Waals surface area contributed by atoms with Gasteiger partial charge in [-0.1, -0.05) is 6.07 Å². The fraction of sp³-hybridized carbons (Fsp3) is 0.278. The van der Waals surface area contributed by atoms with E-state index in [9.17, 15) is 4.79 Å². The minimum atomic E-state index is 0.00329. The Kier molecular flexibility index (Phi) is 2.79. The van der Waals surface area contributed by atoms with Gasteiger partial charge in [-0.05, 0) is 35.9 Å². The Bertz CT molecular complexity index is 838. The van der Waals surface area contributed by atoms with Crippen LogP contribution in [0.5, 0.6) is 11.5 Å². The van der Waals surface area contributed by atoms with Crippen LogP contribution < -0.4 is 14.8 Å². The highest BCUT2D eigenvalue weighted by atomic mass is 32.1. The predicted molar refractivity (Wildman–Crippen MR) is 88.2 cm³/mol. The van der Waals surface area contributed by atoms with Crippen LogP contribution in [0.15, 0.2) is 40.9 Å². The number of allylic oxidation sites excluding steroid dienone is 2. The summed E-state index contributed by atoms with van der Waals surface area (Å²) in [5.74, 6) is 1.80. The zero-order valence-electron chi connectivity index (χ0n) is 12.4. The van der Waals surface area contributed by atoms with Crippen molar-refractivity contribution in [2.75, 3.05) is 12.1 Å². The van der Waals surface area contributed by atoms with Crippen LogP contribution in [0.2, 0.25) is 0 Å². The van der Waals surface area contributed by atoms with Crippen molar-refractivity contribution in [3.63, 3.8) is 0 Å². The van der Waals surface area contributed by atoms with Crippen LogP contribution in [0.4, 0.5) is 5.69 Å². The molecule has 5 rings (SSSR count). The summed E-state index contributed by atoms with van der Waals surface area (Å²) in [4.78, 5) is 13.8. The van der Waals surface area contributed by atoms with Crippen LogP contribution >= 0.6 is 11.3 Å². The van der Waals surface area contributed by atoms with Crippen LogP contribution in [-0.2, 0) is 4.79 Å². The van der Waals surface area contributed by atoms with Crippen molar-refractivity contribution in [2.45, 2.75) is 25.2 Å². The lowest BCUT2D eigenvalue weighted by Crippen LogP contribution is -2.26. The highest BCUT2D eigenvalue weighted by Gasteiger charge is 2.36. The summed E-state index contributed by atoms with van der Waals surface area (Å²) < 4.78 is 11.1. The largest absolute Gasteiger partial charge is 0.454 e. The van der Waals surface area contributed by atoms with E-state index in [1.165, 1.54) is 4.88 Å². The quantitative estimate of drug-likeness (QED) is 0.859. The van der Waals surface area contributed by atoms with Gasteiger partial charge < -0.3 is 14.8 Å². The molecule has 23 heavy (non-hydrogen) atoms. The minimum absolute atomic E-state index is 0.00329. The highest BCUT2D eigenvalue weighted by molar-refractivity contribution is 7.10. The van der Waals surface area contributed by atoms with Gasteiger partial charge in [0.05, 0.1) is 5.92 Å². The molecule has 1 aromatic heterocycles. The van der Waals surface area contributed by atoms with E-state index in [1.54, 1.807) is 11.3 Å². The molecule has 0 fully saturated rings. The third-order valence-corrected chi connectivity index (χ3v) is 5.65. The molecule has 1 aromatic carbocycles. The third kappa shape index (κ3) is 1.93. The molecule has 1 N–H and O–H groups in total. The molecule has 0 saturated heterocycles. The molecule has 3 heterocycles. The lowest BCUT2D eigenvalue weighted by atomic mass is 9.78. The van der Waals surface area contributed by atoms with Crippen LogP contribution in [0.3, 0.4) is 0 Å². The summed E-state index contributed by atoms with van der Waals surface area (Å²) in [5.41, 5.74) is 4.14. The maximum atomic E-state index is 12.6. The molecule has 2 aliphatic heterocycles. The van der Waals surface area contributed by atoms with E-state index < -0.39 is 0 Å². The summed E-state index contributed by atoms with van der Waals surface area (Å²) in [7, 11) is 0. The standard InChI is InChI=1S/C18H15NO3S/c20-13-4-1-3-11-18(13)17(16-5-2-6-23-16)10-7-14-15(22-9-21-14)8-12(10)19-11/h2,5-8,17,19H,1,3-4,9H2. The van der Waals surface area contributed by atoms with E-state index in [2.05, 4.69) is 16.8 Å². The SMILES string of the molecule is O=C1CCCC2=C1C(c1cccs1)c1cc3c(cc1N2)OCO3. The van der Waals surface area contributed by atoms with Gasteiger partial charge in [-0.3, -0.25) is 4.79 Å². The Morgan fingerprint density at radius 3 is 2.87 bits per heavy atom. The number of hydrogen-bond acceptors (Lipinski definition) is 5. The number of rotatable bonds is 1.